The number of hydrogen-bond donors (Lipinski definition) is 1. The number of benzene rings is 1. The predicted octanol–water partition coefficient (Wildman–Crippen LogP) is 4.37. The van der Waals surface area contributed by atoms with Gasteiger partial charge in [-0.2, -0.15) is 0 Å². The molecule has 4 heteroatoms. The van der Waals surface area contributed by atoms with Crippen LogP contribution in [0.25, 0.3) is 0 Å². The van der Waals surface area contributed by atoms with Gasteiger partial charge in [0.2, 0.25) is 0 Å². The SMILES string of the molecule is C=CCCCCCOc1c(F)cc(CC(N)CC)cc1F. The molecular weight excluding hydrogens is 272 g/mol. The molecule has 0 aliphatic carbocycles. The summed E-state index contributed by atoms with van der Waals surface area (Å²) in [6.45, 7) is 5.91. The Kier molecular flexibility index (Phi) is 7.98. The Morgan fingerprint density at radius 2 is 1.90 bits per heavy atom. The summed E-state index contributed by atoms with van der Waals surface area (Å²) in [4.78, 5) is 0. The lowest BCUT2D eigenvalue weighted by Crippen LogP contribution is -2.21. The molecular formula is C17H25F2NO. The molecule has 0 spiro atoms. The molecule has 0 saturated heterocycles. The molecule has 2 nitrogen and oxygen atoms in total. The second-order valence-corrected chi connectivity index (χ2v) is 5.25. The lowest BCUT2D eigenvalue weighted by molar-refractivity contribution is 0.275. The van der Waals surface area contributed by atoms with Gasteiger partial charge in [-0.3, -0.25) is 0 Å². The van der Waals surface area contributed by atoms with E-state index in [4.69, 9.17) is 10.5 Å². The standard InChI is InChI=1S/C17H25F2NO/c1-3-5-6-7-8-9-21-17-15(18)11-13(12-16(17)19)10-14(20)4-2/h3,11-12,14H,1,4-10,20H2,2H3. The van der Waals surface area contributed by atoms with Crippen molar-refractivity contribution in [1.29, 1.82) is 0 Å². The van der Waals surface area contributed by atoms with Gasteiger partial charge in [0, 0.05) is 6.04 Å². The van der Waals surface area contributed by atoms with Crippen LogP contribution >= 0.6 is 0 Å². The molecule has 0 aliphatic heterocycles. The van der Waals surface area contributed by atoms with Crippen LogP contribution in [0.3, 0.4) is 0 Å². The van der Waals surface area contributed by atoms with Crippen molar-refractivity contribution >= 4 is 0 Å². The molecule has 1 aromatic carbocycles. The minimum Gasteiger partial charge on any atom is -0.488 e. The van der Waals surface area contributed by atoms with Crippen LogP contribution in [0.15, 0.2) is 24.8 Å². The number of allylic oxidation sites excluding steroid dienone is 1. The Labute approximate surface area is 126 Å². The highest BCUT2D eigenvalue weighted by Gasteiger charge is 2.13. The van der Waals surface area contributed by atoms with E-state index in [1.807, 2.05) is 13.0 Å². The average molecular weight is 297 g/mol. The van der Waals surface area contributed by atoms with E-state index >= 15 is 0 Å². The summed E-state index contributed by atoms with van der Waals surface area (Å²) in [5.74, 6) is -1.59. The van der Waals surface area contributed by atoms with Crippen molar-refractivity contribution in [3.05, 3.63) is 42.0 Å². The second-order valence-electron chi connectivity index (χ2n) is 5.25. The summed E-state index contributed by atoms with van der Waals surface area (Å²) in [6, 6.07) is 2.54. The van der Waals surface area contributed by atoms with Crippen LogP contribution in [0.4, 0.5) is 8.78 Å². The Hall–Kier alpha value is -1.42. The van der Waals surface area contributed by atoms with Gasteiger partial charge in [0.15, 0.2) is 17.4 Å². The fourth-order valence-corrected chi connectivity index (χ4v) is 2.06. The van der Waals surface area contributed by atoms with Crippen LogP contribution in [-0.4, -0.2) is 12.6 Å². The van der Waals surface area contributed by atoms with Gasteiger partial charge >= 0.3 is 0 Å². The zero-order chi connectivity index (χ0) is 15.7. The fourth-order valence-electron chi connectivity index (χ4n) is 2.06. The Morgan fingerprint density at radius 1 is 1.24 bits per heavy atom. The lowest BCUT2D eigenvalue weighted by atomic mass is 10.0. The molecule has 1 unspecified atom stereocenters. The maximum Gasteiger partial charge on any atom is 0.190 e. The van der Waals surface area contributed by atoms with E-state index in [9.17, 15) is 8.78 Å². The van der Waals surface area contributed by atoms with Crippen molar-refractivity contribution < 1.29 is 13.5 Å². The largest absolute Gasteiger partial charge is 0.488 e. The average Bonchev–Trinajstić information content (AvgIpc) is 2.44. The van der Waals surface area contributed by atoms with Crippen molar-refractivity contribution in [1.82, 2.24) is 0 Å². The van der Waals surface area contributed by atoms with Gasteiger partial charge in [0.25, 0.3) is 0 Å². The number of nitrogens with two attached hydrogens (primary N) is 1. The Bertz CT molecular complexity index is 425. The van der Waals surface area contributed by atoms with Gasteiger partial charge in [0.1, 0.15) is 0 Å². The monoisotopic (exact) mass is 297 g/mol. The third-order valence-electron chi connectivity index (χ3n) is 3.38. The first-order valence-corrected chi connectivity index (χ1v) is 7.55. The first-order chi connectivity index (χ1) is 10.1. The van der Waals surface area contributed by atoms with Crippen molar-refractivity contribution in [3.8, 4) is 5.75 Å². The number of halogens is 2. The highest BCUT2D eigenvalue weighted by atomic mass is 19.1. The summed E-state index contributed by atoms with van der Waals surface area (Å²) in [7, 11) is 0. The van der Waals surface area contributed by atoms with Gasteiger partial charge in [-0.1, -0.05) is 13.0 Å². The zero-order valence-electron chi connectivity index (χ0n) is 12.7. The smallest absolute Gasteiger partial charge is 0.190 e. The normalized spacial score (nSPS) is 12.2. The minimum absolute atomic E-state index is 0.0829. The lowest BCUT2D eigenvalue weighted by Gasteiger charge is -2.12. The van der Waals surface area contributed by atoms with Gasteiger partial charge in [-0.15, -0.1) is 6.58 Å². The number of hydrogen-bond acceptors (Lipinski definition) is 2. The van der Waals surface area contributed by atoms with E-state index < -0.39 is 11.6 Å². The van der Waals surface area contributed by atoms with E-state index in [0.717, 1.165) is 32.1 Å². The van der Waals surface area contributed by atoms with E-state index in [-0.39, 0.29) is 11.8 Å². The summed E-state index contributed by atoms with van der Waals surface area (Å²) in [5.41, 5.74) is 6.37. The molecule has 1 rings (SSSR count). The molecule has 1 aromatic rings. The van der Waals surface area contributed by atoms with Gasteiger partial charge in [-0.25, -0.2) is 8.78 Å². The molecule has 0 saturated carbocycles. The molecule has 0 radical (unpaired) electrons. The first kappa shape index (κ1) is 17.6. The highest BCUT2D eigenvalue weighted by Crippen LogP contribution is 2.24. The number of unbranched alkanes of at least 4 members (excludes halogenated alkanes) is 3. The molecule has 0 fully saturated rings. The summed E-state index contributed by atoms with van der Waals surface area (Å²) >= 11 is 0. The second kappa shape index (κ2) is 9.50. The molecule has 0 amide bonds. The van der Waals surface area contributed by atoms with Crippen LogP contribution in [0.1, 0.15) is 44.6 Å². The first-order valence-electron chi connectivity index (χ1n) is 7.55. The quantitative estimate of drug-likeness (QED) is 0.514. The van der Waals surface area contributed by atoms with E-state index in [1.54, 1.807) is 0 Å². The maximum absolute atomic E-state index is 13.9. The van der Waals surface area contributed by atoms with Crippen LogP contribution < -0.4 is 10.5 Å². The summed E-state index contributed by atoms with van der Waals surface area (Å²) in [6.07, 6.45) is 6.80. The van der Waals surface area contributed by atoms with Crippen LogP contribution in [-0.2, 0) is 6.42 Å². The summed E-state index contributed by atoms with van der Waals surface area (Å²) in [5, 5.41) is 0. The van der Waals surface area contributed by atoms with Crippen LogP contribution in [0, 0.1) is 11.6 Å². The van der Waals surface area contributed by atoms with Crippen molar-refractivity contribution in [2.75, 3.05) is 6.61 Å². The van der Waals surface area contributed by atoms with Gasteiger partial charge < -0.3 is 10.5 Å². The molecule has 0 bridgehead atoms. The summed E-state index contributed by atoms with van der Waals surface area (Å²) < 4.78 is 33.0. The molecule has 118 valence electrons. The van der Waals surface area contributed by atoms with E-state index in [0.29, 0.717) is 18.6 Å². The van der Waals surface area contributed by atoms with Gasteiger partial charge in [0.05, 0.1) is 6.61 Å². The topological polar surface area (TPSA) is 35.2 Å². The molecule has 0 aromatic heterocycles. The Morgan fingerprint density at radius 3 is 2.48 bits per heavy atom. The fraction of sp³-hybridized carbons (Fsp3) is 0.529. The number of ether oxygens (including phenoxy) is 1. The van der Waals surface area contributed by atoms with Crippen molar-refractivity contribution in [3.63, 3.8) is 0 Å². The van der Waals surface area contributed by atoms with Gasteiger partial charge in [-0.05, 0) is 56.2 Å². The number of rotatable bonds is 10. The minimum atomic E-state index is -0.653. The Balaban J connectivity index is 2.53. The van der Waals surface area contributed by atoms with Crippen molar-refractivity contribution in [2.45, 2.75) is 51.5 Å². The zero-order valence-corrected chi connectivity index (χ0v) is 12.7. The highest BCUT2D eigenvalue weighted by molar-refractivity contribution is 5.31. The third kappa shape index (κ3) is 6.25. The molecule has 0 aliphatic rings. The third-order valence-corrected chi connectivity index (χ3v) is 3.38. The van der Waals surface area contributed by atoms with E-state index in [1.165, 1.54) is 12.1 Å². The van der Waals surface area contributed by atoms with Crippen LogP contribution in [0.2, 0.25) is 0 Å². The molecule has 2 N–H and O–H groups in total. The van der Waals surface area contributed by atoms with Crippen molar-refractivity contribution in [2.24, 2.45) is 5.73 Å². The molecule has 21 heavy (non-hydrogen) atoms. The predicted molar refractivity (Wildman–Crippen MR) is 82.5 cm³/mol. The van der Waals surface area contributed by atoms with Crippen LogP contribution in [0.5, 0.6) is 5.75 Å². The maximum atomic E-state index is 13.9. The molecule has 0 heterocycles. The van der Waals surface area contributed by atoms with E-state index in [2.05, 4.69) is 6.58 Å². The molecule has 1 atom stereocenters.